The molecule has 3 N–H and O–H groups in total. The molecule has 0 saturated carbocycles. The van der Waals surface area contributed by atoms with Gasteiger partial charge in [0.15, 0.2) is 0 Å². The van der Waals surface area contributed by atoms with E-state index in [1.165, 1.54) is 0 Å². The molecule has 0 bridgehead atoms. The van der Waals surface area contributed by atoms with Gasteiger partial charge in [-0.3, -0.25) is 4.79 Å². The van der Waals surface area contributed by atoms with E-state index in [9.17, 15) is 9.90 Å². The number of hydrogen-bond acceptors (Lipinski definition) is 4. The predicted molar refractivity (Wildman–Crippen MR) is 76.8 cm³/mol. The highest BCUT2D eigenvalue weighted by Crippen LogP contribution is 2.20. The molecule has 0 aliphatic carbocycles. The van der Waals surface area contributed by atoms with Gasteiger partial charge in [-0.25, -0.2) is 0 Å². The first-order chi connectivity index (χ1) is 9.61. The summed E-state index contributed by atoms with van der Waals surface area (Å²) >= 11 is 0. The van der Waals surface area contributed by atoms with Gasteiger partial charge in [-0.2, -0.15) is 0 Å². The van der Waals surface area contributed by atoms with Crippen molar-refractivity contribution in [3.05, 3.63) is 29.8 Å². The molecule has 1 fully saturated rings. The Morgan fingerprint density at radius 1 is 1.55 bits per heavy atom. The van der Waals surface area contributed by atoms with Crippen LogP contribution >= 0.6 is 0 Å². The number of amides is 1. The molecule has 0 aromatic heterocycles. The molecule has 1 aliphatic heterocycles. The highest BCUT2D eigenvalue weighted by molar-refractivity contribution is 5.83. The third kappa shape index (κ3) is 3.49. The molecule has 2 rings (SSSR count). The van der Waals surface area contributed by atoms with Crippen LogP contribution in [-0.4, -0.2) is 43.9 Å². The second-order valence-electron chi connectivity index (χ2n) is 5.23. The SMILES string of the molecule is COc1cccc(C(C)C(=O)NCC2CNCC2O)c1. The largest absolute Gasteiger partial charge is 0.497 e. The number of aliphatic hydroxyl groups is 1. The van der Waals surface area contributed by atoms with Crippen LogP contribution in [0.15, 0.2) is 24.3 Å². The van der Waals surface area contributed by atoms with Crippen molar-refractivity contribution in [2.24, 2.45) is 5.92 Å². The number of hydrogen-bond donors (Lipinski definition) is 3. The lowest BCUT2D eigenvalue weighted by Gasteiger charge is -2.17. The Hall–Kier alpha value is -1.59. The third-order valence-corrected chi connectivity index (χ3v) is 3.83. The second-order valence-corrected chi connectivity index (χ2v) is 5.23. The van der Waals surface area contributed by atoms with Crippen molar-refractivity contribution in [2.45, 2.75) is 18.9 Å². The summed E-state index contributed by atoms with van der Waals surface area (Å²) in [4.78, 5) is 12.2. The zero-order chi connectivity index (χ0) is 14.5. The number of rotatable bonds is 5. The zero-order valence-corrected chi connectivity index (χ0v) is 11.9. The number of nitrogens with one attached hydrogen (secondary N) is 2. The fraction of sp³-hybridized carbons (Fsp3) is 0.533. The Morgan fingerprint density at radius 2 is 2.35 bits per heavy atom. The smallest absolute Gasteiger partial charge is 0.227 e. The van der Waals surface area contributed by atoms with Crippen LogP contribution in [-0.2, 0) is 4.79 Å². The minimum absolute atomic E-state index is 0.0302. The van der Waals surface area contributed by atoms with Gasteiger partial charge in [0.1, 0.15) is 5.75 Å². The molecule has 1 saturated heterocycles. The molecular weight excluding hydrogens is 256 g/mol. The number of carbonyl (C=O) groups is 1. The maximum absolute atomic E-state index is 12.2. The lowest BCUT2D eigenvalue weighted by molar-refractivity contribution is -0.122. The van der Waals surface area contributed by atoms with E-state index < -0.39 is 0 Å². The fourth-order valence-corrected chi connectivity index (χ4v) is 2.37. The first-order valence-corrected chi connectivity index (χ1v) is 6.92. The third-order valence-electron chi connectivity index (χ3n) is 3.83. The Labute approximate surface area is 119 Å². The fourth-order valence-electron chi connectivity index (χ4n) is 2.37. The average molecular weight is 278 g/mol. The van der Waals surface area contributed by atoms with E-state index in [4.69, 9.17) is 4.74 Å². The molecule has 20 heavy (non-hydrogen) atoms. The summed E-state index contributed by atoms with van der Waals surface area (Å²) in [5.74, 6) is 0.572. The van der Waals surface area contributed by atoms with E-state index in [0.717, 1.165) is 17.9 Å². The number of β-amino-alcohol motifs (C(OH)–C–C–N with tert-alkyl or cyclic N) is 1. The van der Waals surface area contributed by atoms with Crippen molar-refractivity contribution < 1.29 is 14.6 Å². The van der Waals surface area contributed by atoms with Crippen molar-refractivity contribution in [1.29, 1.82) is 0 Å². The minimum Gasteiger partial charge on any atom is -0.497 e. The van der Waals surface area contributed by atoms with Gasteiger partial charge in [0.25, 0.3) is 0 Å². The molecule has 5 heteroatoms. The molecule has 1 heterocycles. The van der Waals surface area contributed by atoms with E-state index in [1.807, 2.05) is 31.2 Å². The lowest BCUT2D eigenvalue weighted by atomic mass is 9.99. The number of carbonyl (C=O) groups excluding carboxylic acids is 1. The Kier molecular flexibility index (Phi) is 4.98. The summed E-state index contributed by atoms with van der Waals surface area (Å²) in [7, 11) is 1.61. The monoisotopic (exact) mass is 278 g/mol. The van der Waals surface area contributed by atoms with Crippen molar-refractivity contribution in [3.63, 3.8) is 0 Å². The molecule has 3 unspecified atom stereocenters. The average Bonchev–Trinajstić information content (AvgIpc) is 2.89. The van der Waals surface area contributed by atoms with Crippen LogP contribution in [0.4, 0.5) is 0 Å². The summed E-state index contributed by atoms with van der Waals surface area (Å²) in [5.41, 5.74) is 0.923. The number of benzene rings is 1. The molecule has 5 nitrogen and oxygen atoms in total. The van der Waals surface area contributed by atoms with Gasteiger partial charge in [0, 0.05) is 25.6 Å². The Balaban J connectivity index is 1.90. The van der Waals surface area contributed by atoms with Crippen LogP contribution in [0.3, 0.4) is 0 Å². The summed E-state index contributed by atoms with van der Waals surface area (Å²) in [5, 5.41) is 15.7. The van der Waals surface area contributed by atoms with Gasteiger partial charge < -0.3 is 20.5 Å². The highest BCUT2D eigenvalue weighted by atomic mass is 16.5. The van der Waals surface area contributed by atoms with Crippen LogP contribution in [0.2, 0.25) is 0 Å². The molecular formula is C15H22N2O3. The highest BCUT2D eigenvalue weighted by Gasteiger charge is 2.26. The zero-order valence-electron chi connectivity index (χ0n) is 11.9. The summed E-state index contributed by atoms with van der Waals surface area (Å²) in [6, 6.07) is 7.52. The van der Waals surface area contributed by atoms with E-state index in [-0.39, 0.29) is 23.8 Å². The van der Waals surface area contributed by atoms with Crippen LogP contribution in [0.1, 0.15) is 18.4 Å². The summed E-state index contributed by atoms with van der Waals surface area (Å²) in [6.07, 6.45) is -0.373. The quantitative estimate of drug-likeness (QED) is 0.733. The molecule has 0 spiro atoms. The van der Waals surface area contributed by atoms with E-state index in [2.05, 4.69) is 10.6 Å². The maximum Gasteiger partial charge on any atom is 0.227 e. The minimum atomic E-state index is -0.373. The van der Waals surface area contributed by atoms with Gasteiger partial charge in [-0.1, -0.05) is 12.1 Å². The number of aliphatic hydroxyl groups excluding tert-OH is 1. The lowest BCUT2D eigenvalue weighted by Crippen LogP contribution is -2.36. The Bertz CT molecular complexity index is 464. The van der Waals surface area contributed by atoms with E-state index in [0.29, 0.717) is 13.1 Å². The Morgan fingerprint density at radius 3 is 3.00 bits per heavy atom. The van der Waals surface area contributed by atoms with Crippen LogP contribution < -0.4 is 15.4 Å². The molecule has 1 aromatic rings. The van der Waals surface area contributed by atoms with Gasteiger partial charge in [-0.05, 0) is 24.6 Å². The number of ether oxygens (including phenoxy) is 1. The first-order valence-electron chi connectivity index (χ1n) is 6.92. The predicted octanol–water partition coefficient (Wildman–Crippen LogP) is 0.495. The van der Waals surface area contributed by atoms with Crippen LogP contribution in [0.5, 0.6) is 5.75 Å². The maximum atomic E-state index is 12.2. The molecule has 110 valence electrons. The van der Waals surface area contributed by atoms with Crippen molar-refractivity contribution in [3.8, 4) is 5.75 Å². The summed E-state index contributed by atoms with van der Waals surface area (Å²) < 4.78 is 5.17. The van der Waals surface area contributed by atoms with Gasteiger partial charge >= 0.3 is 0 Å². The molecule has 1 amide bonds. The van der Waals surface area contributed by atoms with Crippen molar-refractivity contribution >= 4 is 5.91 Å². The normalized spacial score (nSPS) is 23.4. The summed E-state index contributed by atoms with van der Waals surface area (Å²) in [6.45, 7) is 3.72. The molecule has 1 aliphatic rings. The van der Waals surface area contributed by atoms with Crippen molar-refractivity contribution in [1.82, 2.24) is 10.6 Å². The van der Waals surface area contributed by atoms with E-state index >= 15 is 0 Å². The van der Waals surface area contributed by atoms with Crippen LogP contribution in [0, 0.1) is 5.92 Å². The van der Waals surface area contributed by atoms with E-state index in [1.54, 1.807) is 7.11 Å². The van der Waals surface area contributed by atoms with Gasteiger partial charge in [0.2, 0.25) is 5.91 Å². The van der Waals surface area contributed by atoms with Gasteiger partial charge in [0.05, 0.1) is 19.1 Å². The standard InChI is InChI=1S/C15H22N2O3/c1-10(11-4-3-5-13(6-11)20-2)15(19)17-8-12-7-16-9-14(12)18/h3-6,10,12,14,16,18H,7-9H2,1-2H3,(H,17,19). The van der Waals surface area contributed by atoms with Crippen molar-refractivity contribution in [2.75, 3.05) is 26.7 Å². The molecule has 3 atom stereocenters. The topological polar surface area (TPSA) is 70.6 Å². The van der Waals surface area contributed by atoms with Gasteiger partial charge in [-0.15, -0.1) is 0 Å². The first kappa shape index (κ1) is 14.8. The second kappa shape index (κ2) is 6.72. The molecule has 0 radical (unpaired) electrons. The number of methoxy groups -OCH3 is 1. The van der Waals surface area contributed by atoms with Crippen LogP contribution in [0.25, 0.3) is 0 Å². The molecule has 1 aromatic carbocycles.